The van der Waals surface area contributed by atoms with Crippen molar-refractivity contribution in [3.63, 3.8) is 0 Å². The molecule has 146 valence electrons. The quantitative estimate of drug-likeness (QED) is 0.530. The fourth-order valence-electron chi connectivity index (χ4n) is 2.97. The van der Waals surface area contributed by atoms with Gasteiger partial charge in [-0.25, -0.2) is 4.68 Å². The number of fused-ring (bicyclic) bond motifs is 1. The Bertz CT molecular complexity index is 1210. The predicted octanol–water partition coefficient (Wildman–Crippen LogP) is 5.00. The average Bonchev–Trinajstić information content (AvgIpc) is 3.09. The molecule has 8 heteroatoms. The number of amides is 1. The predicted molar refractivity (Wildman–Crippen MR) is 103 cm³/mol. The molecule has 29 heavy (non-hydrogen) atoms. The van der Waals surface area contributed by atoms with Crippen LogP contribution in [-0.2, 0) is 6.18 Å². The maximum absolute atomic E-state index is 12.9. The number of halogens is 3. The number of benzene rings is 2. The first-order chi connectivity index (χ1) is 13.8. The van der Waals surface area contributed by atoms with E-state index in [1.54, 1.807) is 19.2 Å². The molecule has 4 aromatic rings. The number of pyridine rings is 1. The van der Waals surface area contributed by atoms with Crippen LogP contribution in [0, 0.1) is 6.92 Å². The van der Waals surface area contributed by atoms with E-state index in [4.69, 9.17) is 0 Å². The van der Waals surface area contributed by atoms with E-state index in [0.29, 0.717) is 11.3 Å². The first-order valence-electron chi connectivity index (χ1n) is 8.71. The van der Waals surface area contributed by atoms with Gasteiger partial charge >= 0.3 is 6.18 Å². The Kier molecular flexibility index (Phi) is 4.54. The van der Waals surface area contributed by atoms with Crippen LogP contribution in [0.1, 0.15) is 21.6 Å². The second-order valence-electron chi connectivity index (χ2n) is 6.52. The van der Waals surface area contributed by atoms with Gasteiger partial charge in [-0.3, -0.25) is 9.78 Å². The molecule has 0 radical (unpaired) electrons. The Morgan fingerprint density at radius 3 is 2.66 bits per heavy atom. The van der Waals surface area contributed by atoms with Crippen LogP contribution in [0.2, 0.25) is 0 Å². The third kappa shape index (κ3) is 3.82. The Morgan fingerprint density at radius 2 is 1.86 bits per heavy atom. The summed E-state index contributed by atoms with van der Waals surface area (Å²) >= 11 is 0. The van der Waals surface area contributed by atoms with Crippen molar-refractivity contribution in [1.29, 1.82) is 0 Å². The molecule has 5 nitrogen and oxygen atoms in total. The molecular weight excluding hydrogens is 381 g/mol. The number of aromatic nitrogens is 3. The van der Waals surface area contributed by atoms with Gasteiger partial charge in [0.1, 0.15) is 0 Å². The van der Waals surface area contributed by atoms with Crippen molar-refractivity contribution in [3.05, 3.63) is 83.8 Å². The first-order valence-corrected chi connectivity index (χ1v) is 8.71. The van der Waals surface area contributed by atoms with Crippen LogP contribution >= 0.6 is 0 Å². The first kappa shape index (κ1) is 18.7. The third-order valence-electron chi connectivity index (χ3n) is 4.40. The van der Waals surface area contributed by atoms with E-state index in [9.17, 15) is 18.0 Å². The lowest BCUT2D eigenvalue weighted by Gasteiger charge is -2.08. The summed E-state index contributed by atoms with van der Waals surface area (Å²) in [5.41, 5.74) is 1.40. The zero-order valence-corrected chi connectivity index (χ0v) is 15.2. The van der Waals surface area contributed by atoms with Gasteiger partial charge in [0.25, 0.3) is 5.91 Å². The smallest absolute Gasteiger partial charge is 0.319 e. The average molecular weight is 396 g/mol. The SMILES string of the molecule is Cc1cn(-c2cccc(C(F)(F)F)c2)nc1C(=O)Nc1cnc2ccccc2c1. The molecule has 0 fully saturated rings. The van der Waals surface area contributed by atoms with Gasteiger partial charge < -0.3 is 5.32 Å². The molecule has 1 amide bonds. The lowest BCUT2D eigenvalue weighted by Crippen LogP contribution is -2.14. The molecule has 2 aromatic carbocycles. The van der Waals surface area contributed by atoms with Crippen molar-refractivity contribution in [2.24, 2.45) is 0 Å². The molecule has 0 saturated heterocycles. The number of nitrogens with zero attached hydrogens (tertiary/aromatic N) is 3. The zero-order valence-electron chi connectivity index (χ0n) is 15.2. The summed E-state index contributed by atoms with van der Waals surface area (Å²) in [6, 6.07) is 14.1. The number of aryl methyl sites for hydroxylation is 1. The fourth-order valence-corrected chi connectivity index (χ4v) is 2.97. The molecule has 2 heterocycles. The van der Waals surface area contributed by atoms with Crippen molar-refractivity contribution < 1.29 is 18.0 Å². The minimum Gasteiger partial charge on any atom is -0.319 e. The molecule has 0 aliphatic heterocycles. The van der Waals surface area contributed by atoms with Crippen LogP contribution < -0.4 is 5.32 Å². The van der Waals surface area contributed by atoms with E-state index in [1.807, 2.05) is 24.3 Å². The summed E-state index contributed by atoms with van der Waals surface area (Å²) in [4.78, 5) is 16.9. The van der Waals surface area contributed by atoms with Crippen molar-refractivity contribution in [2.75, 3.05) is 5.32 Å². The van der Waals surface area contributed by atoms with E-state index in [-0.39, 0.29) is 11.4 Å². The maximum atomic E-state index is 12.9. The Labute approximate surface area is 163 Å². The van der Waals surface area contributed by atoms with Crippen LogP contribution in [-0.4, -0.2) is 20.7 Å². The van der Waals surface area contributed by atoms with Crippen LogP contribution in [0.15, 0.2) is 67.0 Å². The summed E-state index contributed by atoms with van der Waals surface area (Å²) < 4.78 is 40.1. The molecule has 0 bridgehead atoms. The maximum Gasteiger partial charge on any atom is 0.416 e. The molecule has 0 unspecified atom stereocenters. The van der Waals surface area contributed by atoms with Crippen molar-refractivity contribution in [3.8, 4) is 5.69 Å². The van der Waals surface area contributed by atoms with E-state index in [1.165, 1.54) is 23.0 Å². The molecule has 0 saturated carbocycles. The highest BCUT2D eigenvalue weighted by Crippen LogP contribution is 2.30. The number of anilines is 1. The number of carbonyl (C=O) groups excluding carboxylic acids is 1. The Morgan fingerprint density at radius 1 is 1.07 bits per heavy atom. The lowest BCUT2D eigenvalue weighted by atomic mass is 10.2. The van der Waals surface area contributed by atoms with Gasteiger partial charge in [-0.15, -0.1) is 0 Å². The van der Waals surface area contributed by atoms with Gasteiger partial charge in [-0.2, -0.15) is 18.3 Å². The van der Waals surface area contributed by atoms with Gasteiger partial charge in [0.15, 0.2) is 5.69 Å². The third-order valence-corrected chi connectivity index (χ3v) is 4.40. The molecule has 2 aromatic heterocycles. The van der Waals surface area contributed by atoms with Gasteiger partial charge in [-0.1, -0.05) is 24.3 Å². The van der Waals surface area contributed by atoms with Gasteiger partial charge in [0.05, 0.1) is 28.7 Å². The molecule has 0 spiro atoms. The highest BCUT2D eigenvalue weighted by Gasteiger charge is 2.30. The normalized spacial score (nSPS) is 11.6. The second-order valence-corrected chi connectivity index (χ2v) is 6.52. The van der Waals surface area contributed by atoms with Crippen LogP contribution in [0.5, 0.6) is 0 Å². The number of para-hydroxylation sites is 1. The van der Waals surface area contributed by atoms with Gasteiger partial charge in [-0.05, 0) is 37.3 Å². The number of nitrogens with one attached hydrogen (secondary N) is 1. The van der Waals surface area contributed by atoms with Crippen molar-refractivity contribution >= 4 is 22.5 Å². The molecule has 1 N–H and O–H groups in total. The van der Waals surface area contributed by atoms with Crippen LogP contribution in [0.4, 0.5) is 18.9 Å². The summed E-state index contributed by atoms with van der Waals surface area (Å²) in [6.45, 7) is 1.67. The molecular formula is C21H15F3N4O. The molecule has 0 aliphatic carbocycles. The molecule has 4 rings (SSSR count). The van der Waals surface area contributed by atoms with E-state index >= 15 is 0 Å². The van der Waals surface area contributed by atoms with Gasteiger partial charge in [0.2, 0.25) is 0 Å². The van der Waals surface area contributed by atoms with Crippen LogP contribution in [0.25, 0.3) is 16.6 Å². The molecule has 0 aliphatic rings. The van der Waals surface area contributed by atoms with E-state index < -0.39 is 17.6 Å². The summed E-state index contributed by atoms with van der Waals surface area (Å²) in [5.74, 6) is -0.467. The lowest BCUT2D eigenvalue weighted by molar-refractivity contribution is -0.137. The van der Waals surface area contributed by atoms with E-state index in [0.717, 1.165) is 23.0 Å². The number of hydrogen-bond donors (Lipinski definition) is 1. The summed E-state index contributed by atoms with van der Waals surface area (Å²) in [7, 11) is 0. The minimum atomic E-state index is -4.46. The van der Waals surface area contributed by atoms with Crippen molar-refractivity contribution in [1.82, 2.24) is 14.8 Å². The fraction of sp³-hybridized carbons (Fsp3) is 0.0952. The molecule has 0 atom stereocenters. The Hall–Kier alpha value is -3.68. The van der Waals surface area contributed by atoms with Crippen molar-refractivity contribution in [2.45, 2.75) is 13.1 Å². The zero-order chi connectivity index (χ0) is 20.6. The number of rotatable bonds is 3. The number of hydrogen-bond acceptors (Lipinski definition) is 3. The minimum absolute atomic E-state index is 0.121. The highest BCUT2D eigenvalue weighted by atomic mass is 19.4. The number of alkyl halides is 3. The second kappa shape index (κ2) is 7.05. The summed E-state index contributed by atoms with van der Waals surface area (Å²) in [6.07, 6.45) is -1.40. The monoisotopic (exact) mass is 396 g/mol. The van der Waals surface area contributed by atoms with E-state index in [2.05, 4.69) is 15.4 Å². The Balaban J connectivity index is 1.61. The van der Waals surface area contributed by atoms with Gasteiger partial charge in [0, 0.05) is 17.1 Å². The number of carbonyl (C=O) groups is 1. The topological polar surface area (TPSA) is 59.8 Å². The highest BCUT2D eigenvalue weighted by molar-refractivity contribution is 6.04. The van der Waals surface area contributed by atoms with Crippen LogP contribution in [0.3, 0.4) is 0 Å². The summed E-state index contributed by atoms with van der Waals surface area (Å²) in [5, 5.41) is 7.78. The largest absolute Gasteiger partial charge is 0.416 e. The standard InChI is InChI=1S/C21H15F3N4O/c1-13-12-28(17-7-4-6-15(10-17)21(22,23)24)27-19(13)20(29)26-16-9-14-5-2-3-8-18(14)25-11-16/h2-12H,1H3,(H,26,29).